The Labute approximate surface area is 294 Å². The number of hydrogen-bond acceptors (Lipinski definition) is 9. The fourth-order valence-electron chi connectivity index (χ4n) is 6.95. The van der Waals surface area contributed by atoms with Crippen LogP contribution in [0.5, 0.6) is 5.88 Å². The zero-order chi connectivity index (χ0) is 35.7. The number of halogens is 1. The van der Waals surface area contributed by atoms with E-state index in [9.17, 15) is 14.4 Å². The molecule has 0 radical (unpaired) electrons. The van der Waals surface area contributed by atoms with Gasteiger partial charge in [-0.15, -0.1) is 0 Å². The topological polar surface area (TPSA) is 183 Å². The molecule has 2 saturated heterocycles. The number of nitrogens with zero attached hydrogens (tertiary/aromatic N) is 3. The molecule has 262 valence electrons. The zero-order valence-electron chi connectivity index (χ0n) is 28.6. The third kappa shape index (κ3) is 6.29. The van der Waals surface area contributed by atoms with Crippen LogP contribution in [0.1, 0.15) is 29.5 Å². The van der Waals surface area contributed by atoms with E-state index in [4.69, 9.17) is 32.8 Å². The Balaban J connectivity index is 0.000000367. The number of nitrogens with two attached hydrogens (primary N) is 2. The van der Waals surface area contributed by atoms with Crippen molar-refractivity contribution >= 4 is 35.3 Å². The van der Waals surface area contributed by atoms with Crippen LogP contribution in [0.25, 0.3) is 34.4 Å². The fourth-order valence-corrected chi connectivity index (χ4v) is 7.27. The summed E-state index contributed by atoms with van der Waals surface area (Å²) in [5, 5.41) is 12.9. The van der Waals surface area contributed by atoms with Crippen LogP contribution in [-0.2, 0) is 26.9 Å². The van der Waals surface area contributed by atoms with Crippen LogP contribution >= 0.6 is 11.6 Å². The lowest BCUT2D eigenvalue weighted by Gasteiger charge is -2.18. The largest absolute Gasteiger partial charge is 0.481 e. The van der Waals surface area contributed by atoms with Crippen molar-refractivity contribution in [1.82, 2.24) is 30.1 Å². The molecule has 1 atom stereocenters. The first-order chi connectivity index (χ1) is 24.0. The molecule has 7 rings (SSSR count). The normalized spacial score (nSPS) is 18.7. The molecule has 8 N–H and O–H groups in total. The summed E-state index contributed by atoms with van der Waals surface area (Å²) in [6.07, 6.45) is 5.29. The van der Waals surface area contributed by atoms with Gasteiger partial charge < -0.3 is 37.5 Å². The minimum atomic E-state index is -0.549. The summed E-state index contributed by atoms with van der Waals surface area (Å²) in [4.78, 5) is 40.9. The lowest BCUT2D eigenvalue weighted by Crippen LogP contribution is -2.59. The Morgan fingerprint density at radius 2 is 1.80 bits per heavy atom. The highest BCUT2D eigenvalue weighted by Crippen LogP contribution is 2.41. The average Bonchev–Trinajstić information content (AvgIpc) is 3.87. The van der Waals surface area contributed by atoms with E-state index in [1.54, 1.807) is 7.11 Å². The average molecular weight is 700 g/mol. The second-order valence-electron chi connectivity index (χ2n) is 12.8. The smallest absolute Gasteiger partial charge is 0.330 e. The van der Waals surface area contributed by atoms with Gasteiger partial charge >= 0.3 is 11.7 Å². The molecule has 50 heavy (non-hydrogen) atoms. The summed E-state index contributed by atoms with van der Waals surface area (Å²) in [5.74, 6) is 0.723. The molecule has 4 heterocycles. The molecule has 1 spiro atoms. The second kappa shape index (κ2) is 13.9. The van der Waals surface area contributed by atoms with Gasteiger partial charge in [-0.25, -0.2) is 14.6 Å². The van der Waals surface area contributed by atoms with Gasteiger partial charge in [-0.05, 0) is 68.0 Å². The Bertz CT molecular complexity index is 2240. The van der Waals surface area contributed by atoms with Crippen LogP contribution in [0.2, 0.25) is 5.02 Å². The maximum atomic E-state index is 13.0. The number of fused-ring (bicyclic) bond motifs is 1. The lowest BCUT2D eigenvalue weighted by atomic mass is 9.96. The summed E-state index contributed by atoms with van der Waals surface area (Å²) in [7, 11) is 4.57. The number of urea groups is 1. The maximum absolute atomic E-state index is 13.0. The third-order valence-corrected chi connectivity index (χ3v) is 10.2. The van der Waals surface area contributed by atoms with Crippen molar-refractivity contribution in [3.8, 4) is 28.3 Å². The van der Waals surface area contributed by atoms with Crippen LogP contribution in [0.15, 0.2) is 52.1 Å². The van der Waals surface area contributed by atoms with E-state index in [2.05, 4.69) is 27.3 Å². The minimum Gasteiger partial charge on any atom is -0.481 e. The van der Waals surface area contributed by atoms with E-state index in [1.165, 1.54) is 36.0 Å². The number of ether oxygens (including phenoxy) is 1. The van der Waals surface area contributed by atoms with Crippen molar-refractivity contribution in [3.63, 3.8) is 0 Å². The number of nitrogens with one attached hydrogen (secondary N) is 4. The Hall–Kier alpha value is -5.27. The van der Waals surface area contributed by atoms with Gasteiger partial charge in [0.1, 0.15) is 11.0 Å². The molecular formula is C36H42ClN9O4. The molecule has 2 aromatic carbocycles. The van der Waals surface area contributed by atoms with Gasteiger partial charge in [0.05, 0.1) is 28.7 Å². The van der Waals surface area contributed by atoms with Crippen LogP contribution in [0.3, 0.4) is 0 Å². The van der Waals surface area contributed by atoms with Gasteiger partial charge in [-0.1, -0.05) is 41.9 Å². The molecule has 2 amide bonds. The first-order valence-electron chi connectivity index (χ1n) is 16.5. The van der Waals surface area contributed by atoms with Crippen molar-refractivity contribution in [1.29, 1.82) is 0 Å². The maximum Gasteiger partial charge on any atom is 0.330 e. The van der Waals surface area contributed by atoms with Gasteiger partial charge in [0.2, 0.25) is 5.88 Å². The van der Waals surface area contributed by atoms with E-state index < -0.39 is 11.2 Å². The van der Waals surface area contributed by atoms with Crippen molar-refractivity contribution in [2.24, 2.45) is 25.6 Å². The number of aromatic nitrogens is 3. The monoisotopic (exact) mass is 699 g/mol. The minimum absolute atomic E-state index is 0.0244. The molecule has 1 aliphatic carbocycles. The summed E-state index contributed by atoms with van der Waals surface area (Å²) in [5.41, 5.74) is 18.4. The van der Waals surface area contributed by atoms with Crippen LogP contribution < -0.4 is 59.3 Å². The van der Waals surface area contributed by atoms with Gasteiger partial charge in [0, 0.05) is 55.8 Å². The SMILES string of the molecule is COc1nc(-c2cccc(-c3cccc(N/C(N)=c4\c(=O)n(C)c(=O)n(C)\c4=C\N)c3C)c2Cl)cc2c1CCC2.O=C1NCC2(CCNC2)N1. The van der Waals surface area contributed by atoms with Gasteiger partial charge in [-0.2, -0.15) is 0 Å². The summed E-state index contributed by atoms with van der Waals surface area (Å²) in [6, 6.07) is 13.7. The van der Waals surface area contributed by atoms with Crippen LogP contribution in [-0.4, -0.2) is 52.4 Å². The van der Waals surface area contributed by atoms with Gasteiger partial charge in [0.15, 0.2) is 0 Å². The number of hydrogen-bond donors (Lipinski definition) is 6. The van der Waals surface area contributed by atoms with Gasteiger partial charge in [0.25, 0.3) is 5.56 Å². The molecule has 2 aromatic heterocycles. The summed E-state index contributed by atoms with van der Waals surface area (Å²) >= 11 is 7.03. The first-order valence-corrected chi connectivity index (χ1v) is 16.8. The zero-order valence-corrected chi connectivity index (χ0v) is 29.3. The van der Waals surface area contributed by atoms with E-state index in [0.717, 1.165) is 77.8 Å². The Morgan fingerprint density at radius 3 is 2.48 bits per heavy atom. The highest BCUT2D eigenvalue weighted by atomic mass is 35.5. The third-order valence-electron chi connectivity index (χ3n) is 9.76. The van der Waals surface area contributed by atoms with Crippen LogP contribution in [0.4, 0.5) is 10.5 Å². The number of carbonyl (C=O) groups is 1. The number of rotatable bonds is 5. The summed E-state index contributed by atoms with van der Waals surface area (Å²) < 4.78 is 7.87. The highest BCUT2D eigenvalue weighted by molar-refractivity contribution is 6.36. The number of pyridine rings is 1. The number of anilines is 1. The molecule has 3 aliphatic rings. The molecule has 13 nitrogen and oxygen atoms in total. The number of methoxy groups -OCH3 is 1. The Kier molecular flexibility index (Phi) is 9.63. The summed E-state index contributed by atoms with van der Waals surface area (Å²) in [6.45, 7) is 4.64. The molecule has 2 aliphatic heterocycles. The second-order valence-corrected chi connectivity index (χ2v) is 13.2. The highest BCUT2D eigenvalue weighted by Gasteiger charge is 2.39. The lowest BCUT2D eigenvalue weighted by molar-refractivity contribution is 0.245. The molecule has 1 unspecified atom stereocenters. The molecule has 14 heteroatoms. The molecule has 4 aromatic rings. The van der Waals surface area contributed by atoms with E-state index in [-0.39, 0.29) is 28.0 Å². The fraction of sp³-hybridized carbons (Fsp3) is 0.333. The molecule has 0 bridgehead atoms. The predicted molar refractivity (Wildman–Crippen MR) is 196 cm³/mol. The number of carbonyl (C=O) groups excluding carboxylic acids is 1. The van der Waals surface area contributed by atoms with Crippen molar-refractivity contribution in [3.05, 3.63) is 95.6 Å². The van der Waals surface area contributed by atoms with E-state index >= 15 is 0 Å². The van der Waals surface area contributed by atoms with Gasteiger partial charge in [-0.3, -0.25) is 13.9 Å². The Morgan fingerprint density at radius 1 is 1.06 bits per heavy atom. The molecule has 2 fully saturated rings. The van der Waals surface area contributed by atoms with Crippen molar-refractivity contribution < 1.29 is 9.53 Å². The number of aryl methyl sites for hydroxylation is 1. The predicted octanol–water partition coefficient (Wildman–Crippen LogP) is 1.14. The quantitative estimate of drug-likeness (QED) is 0.178. The van der Waals surface area contributed by atoms with Crippen molar-refractivity contribution in [2.75, 3.05) is 32.1 Å². The molecule has 0 saturated carbocycles. The van der Waals surface area contributed by atoms with E-state index in [1.807, 2.05) is 43.3 Å². The standard InChI is InChI=1S/C30H31ClN6O3.C6H11N3O/c1-16-18(9-7-13-22(16)34-27(33)25-24(15-32)36(2)30(39)37(3)29(25)38)20-11-6-12-21(26(20)31)23-14-17-8-5-10-19(17)28(35-23)40-4;10-5-8-4-6(9-5)1-2-7-3-6/h6-7,9,11-15,34H,5,8,10,32-33H2,1-4H3;7H,1-4H2,(H2,8,9,10)/b24-15+,27-25-;. The first kappa shape index (κ1) is 34.6. The number of benzene rings is 2. The van der Waals surface area contributed by atoms with E-state index in [0.29, 0.717) is 16.6 Å². The molecular weight excluding hydrogens is 658 g/mol. The van der Waals surface area contributed by atoms with Crippen molar-refractivity contribution in [2.45, 2.75) is 38.1 Å². The van der Waals surface area contributed by atoms with Crippen LogP contribution in [0, 0.1) is 6.92 Å². The number of amides is 2.